The minimum atomic E-state index is -0.112. The second-order valence-corrected chi connectivity index (χ2v) is 6.70. The summed E-state index contributed by atoms with van der Waals surface area (Å²) < 4.78 is 1.03. The third-order valence-corrected chi connectivity index (χ3v) is 5.49. The molecule has 0 saturated heterocycles. The predicted molar refractivity (Wildman–Crippen MR) is 86.5 cm³/mol. The summed E-state index contributed by atoms with van der Waals surface area (Å²) in [7, 11) is 0. The van der Waals surface area contributed by atoms with Gasteiger partial charge in [-0.05, 0) is 18.9 Å². The summed E-state index contributed by atoms with van der Waals surface area (Å²) >= 11 is 1.43. The molecule has 21 heavy (non-hydrogen) atoms. The molecule has 1 aliphatic carbocycles. The van der Waals surface area contributed by atoms with Crippen molar-refractivity contribution in [3.63, 3.8) is 0 Å². The van der Waals surface area contributed by atoms with Gasteiger partial charge >= 0.3 is 0 Å². The molecule has 1 heterocycles. The van der Waals surface area contributed by atoms with E-state index in [9.17, 15) is 9.90 Å². The third kappa shape index (κ3) is 2.76. The average Bonchev–Trinajstić information content (AvgIpc) is 2.85. The van der Waals surface area contributed by atoms with Crippen LogP contribution in [0.3, 0.4) is 0 Å². The molecule has 1 fully saturated rings. The van der Waals surface area contributed by atoms with Gasteiger partial charge in [-0.3, -0.25) is 4.79 Å². The number of benzene rings is 1. The van der Waals surface area contributed by atoms with E-state index < -0.39 is 0 Å². The Bertz CT molecular complexity index is 653. The van der Waals surface area contributed by atoms with Gasteiger partial charge in [-0.2, -0.15) is 0 Å². The first-order valence-electron chi connectivity index (χ1n) is 7.39. The van der Waals surface area contributed by atoms with Gasteiger partial charge in [0.2, 0.25) is 0 Å². The minimum Gasteiger partial charge on any atom is -0.397 e. The highest BCUT2D eigenvalue weighted by Crippen LogP contribution is 2.34. The van der Waals surface area contributed by atoms with E-state index >= 15 is 0 Å². The lowest BCUT2D eigenvalue weighted by Gasteiger charge is -2.30. The molecule has 2 atom stereocenters. The fourth-order valence-electron chi connectivity index (χ4n) is 3.08. The molecule has 3 rings (SSSR count). The lowest BCUT2D eigenvalue weighted by molar-refractivity contribution is 0.0877. The molecule has 2 unspecified atom stereocenters. The van der Waals surface area contributed by atoms with E-state index in [0.29, 0.717) is 10.6 Å². The van der Waals surface area contributed by atoms with Gasteiger partial charge < -0.3 is 16.2 Å². The zero-order valence-electron chi connectivity index (χ0n) is 11.8. The minimum absolute atomic E-state index is 0.0564. The molecule has 4 N–H and O–H groups in total. The molecule has 0 spiro atoms. The number of nitrogens with one attached hydrogen (secondary N) is 1. The Kier molecular flexibility index (Phi) is 4.12. The Morgan fingerprint density at radius 1 is 1.33 bits per heavy atom. The lowest BCUT2D eigenvalue weighted by atomic mass is 9.85. The summed E-state index contributed by atoms with van der Waals surface area (Å²) in [4.78, 5) is 13.1. The number of aliphatic hydroxyl groups excluding tert-OH is 1. The fourth-order valence-corrected chi connectivity index (χ4v) is 4.11. The number of anilines is 1. The predicted octanol–water partition coefficient (Wildman–Crippen LogP) is 2.76. The van der Waals surface area contributed by atoms with Gasteiger partial charge in [0.1, 0.15) is 4.88 Å². The molecule has 0 radical (unpaired) electrons. The number of nitrogens with two attached hydrogens (primary N) is 1. The second-order valence-electron chi connectivity index (χ2n) is 5.65. The largest absolute Gasteiger partial charge is 0.397 e. The van der Waals surface area contributed by atoms with Gasteiger partial charge in [0.15, 0.2) is 0 Å². The number of thiophene rings is 1. The number of aliphatic hydroxyl groups is 1. The number of rotatable bonds is 3. The van der Waals surface area contributed by atoms with Crippen molar-refractivity contribution in [1.29, 1.82) is 0 Å². The molecule has 1 aliphatic rings. The molecule has 1 aromatic heterocycles. The molecule has 4 nitrogen and oxygen atoms in total. The Balaban J connectivity index is 1.82. The topological polar surface area (TPSA) is 75.4 Å². The van der Waals surface area contributed by atoms with Crippen LogP contribution in [0.2, 0.25) is 0 Å². The Morgan fingerprint density at radius 2 is 2.10 bits per heavy atom. The number of hydrogen-bond donors (Lipinski definition) is 3. The molecular formula is C16H20N2O2S. The highest BCUT2D eigenvalue weighted by Gasteiger charge is 2.27. The van der Waals surface area contributed by atoms with Crippen molar-refractivity contribution in [2.24, 2.45) is 5.92 Å². The molecule has 1 aromatic carbocycles. The Morgan fingerprint density at radius 3 is 2.86 bits per heavy atom. The van der Waals surface area contributed by atoms with Gasteiger partial charge in [0.05, 0.1) is 5.69 Å². The van der Waals surface area contributed by atoms with E-state index in [0.717, 1.165) is 35.8 Å². The maximum atomic E-state index is 12.5. The van der Waals surface area contributed by atoms with Crippen LogP contribution in [0.25, 0.3) is 10.1 Å². The fraction of sp³-hybridized carbons (Fsp3) is 0.438. The van der Waals surface area contributed by atoms with Crippen LogP contribution in [0.15, 0.2) is 24.3 Å². The normalized spacial score (nSPS) is 22.3. The first-order valence-corrected chi connectivity index (χ1v) is 8.21. The van der Waals surface area contributed by atoms with Gasteiger partial charge in [0, 0.05) is 28.7 Å². The van der Waals surface area contributed by atoms with Gasteiger partial charge in [0.25, 0.3) is 5.91 Å². The van der Waals surface area contributed by atoms with E-state index in [2.05, 4.69) is 5.32 Å². The van der Waals surface area contributed by atoms with Crippen LogP contribution >= 0.6 is 11.3 Å². The van der Waals surface area contributed by atoms with Gasteiger partial charge in [-0.15, -0.1) is 11.3 Å². The van der Waals surface area contributed by atoms with Crippen molar-refractivity contribution in [3.8, 4) is 0 Å². The van der Waals surface area contributed by atoms with E-state index in [1.165, 1.54) is 11.3 Å². The van der Waals surface area contributed by atoms with Crippen LogP contribution < -0.4 is 11.1 Å². The van der Waals surface area contributed by atoms with E-state index in [1.54, 1.807) is 0 Å². The van der Waals surface area contributed by atoms with Crippen LogP contribution in [0, 0.1) is 5.92 Å². The van der Waals surface area contributed by atoms with E-state index in [-0.39, 0.29) is 24.5 Å². The first-order chi connectivity index (χ1) is 10.2. The monoisotopic (exact) mass is 304 g/mol. The van der Waals surface area contributed by atoms with Crippen molar-refractivity contribution in [2.75, 3.05) is 12.3 Å². The summed E-state index contributed by atoms with van der Waals surface area (Å²) in [5, 5.41) is 13.4. The second kappa shape index (κ2) is 6.03. The van der Waals surface area contributed by atoms with Crippen molar-refractivity contribution in [1.82, 2.24) is 5.32 Å². The summed E-state index contributed by atoms with van der Waals surface area (Å²) in [6, 6.07) is 7.85. The van der Waals surface area contributed by atoms with Gasteiger partial charge in [-0.1, -0.05) is 31.0 Å². The van der Waals surface area contributed by atoms with Crippen LogP contribution in [0.5, 0.6) is 0 Å². The number of fused-ring (bicyclic) bond motifs is 1. The number of hydrogen-bond acceptors (Lipinski definition) is 4. The summed E-state index contributed by atoms with van der Waals surface area (Å²) in [6.07, 6.45) is 4.14. The van der Waals surface area contributed by atoms with Crippen molar-refractivity contribution >= 4 is 33.0 Å². The summed E-state index contributed by atoms with van der Waals surface area (Å²) in [6.45, 7) is 0.132. The number of carbonyl (C=O) groups excluding carboxylic acids is 1. The van der Waals surface area contributed by atoms with Crippen LogP contribution in [0.1, 0.15) is 35.4 Å². The lowest BCUT2D eigenvalue weighted by Crippen LogP contribution is -2.43. The summed E-state index contributed by atoms with van der Waals surface area (Å²) in [5.41, 5.74) is 6.67. The van der Waals surface area contributed by atoms with E-state index in [1.807, 2.05) is 24.3 Å². The third-order valence-electron chi connectivity index (χ3n) is 4.30. The van der Waals surface area contributed by atoms with Crippen LogP contribution in [-0.4, -0.2) is 23.7 Å². The van der Waals surface area contributed by atoms with E-state index in [4.69, 9.17) is 5.73 Å². The number of carbonyl (C=O) groups is 1. The highest BCUT2D eigenvalue weighted by molar-refractivity contribution is 7.21. The molecular weight excluding hydrogens is 284 g/mol. The molecule has 1 saturated carbocycles. The SMILES string of the molecule is Nc1c(C(=O)NC2CCCCC2CO)sc2ccccc12. The molecule has 0 bridgehead atoms. The Labute approximate surface area is 128 Å². The zero-order valence-corrected chi connectivity index (χ0v) is 12.7. The van der Waals surface area contributed by atoms with Crippen LogP contribution in [-0.2, 0) is 0 Å². The molecule has 1 amide bonds. The average molecular weight is 304 g/mol. The number of amides is 1. The maximum absolute atomic E-state index is 12.5. The molecule has 2 aromatic rings. The quantitative estimate of drug-likeness (QED) is 0.816. The molecule has 112 valence electrons. The molecule has 5 heteroatoms. The highest BCUT2D eigenvalue weighted by atomic mass is 32.1. The van der Waals surface area contributed by atoms with Crippen molar-refractivity contribution in [2.45, 2.75) is 31.7 Å². The van der Waals surface area contributed by atoms with Crippen molar-refractivity contribution < 1.29 is 9.90 Å². The van der Waals surface area contributed by atoms with Gasteiger partial charge in [-0.25, -0.2) is 0 Å². The number of nitrogen functional groups attached to an aromatic ring is 1. The standard InChI is InChI=1S/C16H20N2O2S/c17-14-11-6-2-4-8-13(11)21-15(14)16(20)18-12-7-3-1-5-10(12)9-19/h2,4,6,8,10,12,19H,1,3,5,7,9,17H2,(H,18,20). The Hall–Kier alpha value is -1.59. The zero-order chi connectivity index (χ0) is 14.8. The van der Waals surface area contributed by atoms with Crippen LogP contribution in [0.4, 0.5) is 5.69 Å². The smallest absolute Gasteiger partial charge is 0.263 e. The summed E-state index contributed by atoms with van der Waals surface area (Å²) in [5.74, 6) is 0.0531. The van der Waals surface area contributed by atoms with Crippen molar-refractivity contribution in [3.05, 3.63) is 29.1 Å². The molecule has 0 aliphatic heterocycles. The first kappa shape index (κ1) is 14.4. The maximum Gasteiger partial charge on any atom is 0.263 e.